The van der Waals surface area contributed by atoms with Gasteiger partial charge in [0.05, 0.1) is 25.6 Å². The van der Waals surface area contributed by atoms with Crippen LogP contribution in [0.3, 0.4) is 0 Å². The van der Waals surface area contributed by atoms with Crippen LogP contribution in [0.25, 0.3) is 11.4 Å². The molecule has 0 spiro atoms. The first-order valence-corrected chi connectivity index (χ1v) is 12.1. The molecule has 1 aromatic heterocycles. The lowest BCUT2D eigenvalue weighted by Crippen LogP contribution is -2.08. The Bertz CT molecular complexity index is 674. The van der Waals surface area contributed by atoms with Crippen LogP contribution >= 0.6 is 0 Å². The molecule has 5 nitrogen and oxygen atoms in total. The van der Waals surface area contributed by atoms with Gasteiger partial charge in [0.15, 0.2) is 11.6 Å². The van der Waals surface area contributed by atoms with Crippen molar-refractivity contribution in [1.29, 1.82) is 0 Å². The minimum absolute atomic E-state index is 0.515. The Morgan fingerprint density at radius 3 is 1.87 bits per heavy atom. The second-order valence-corrected chi connectivity index (χ2v) is 7.90. The first-order chi connectivity index (χ1) is 15.3. The highest BCUT2D eigenvalue weighted by Crippen LogP contribution is 2.20. The van der Waals surface area contributed by atoms with Crippen LogP contribution in [0.4, 0.5) is 0 Å². The van der Waals surface area contributed by atoms with Crippen LogP contribution in [0, 0.1) is 0 Å². The molecule has 2 aromatic rings. The Hall–Kier alpha value is -2.14. The summed E-state index contributed by atoms with van der Waals surface area (Å²) in [4.78, 5) is 8.84. The average Bonchev–Trinajstić information content (AvgIpc) is 2.81. The predicted molar refractivity (Wildman–Crippen MR) is 127 cm³/mol. The number of nitrogens with zero attached hydrogens (tertiary/aromatic N) is 2. The summed E-state index contributed by atoms with van der Waals surface area (Å²) in [5, 5.41) is 0. The molecule has 0 bridgehead atoms. The van der Waals surface area contributed by atoms with E-state index < -0.39 is 0 Å². The summed E-state index contributed by atoms with van der Waals surface area (Å²) in [6.07, 6.45) is 15.9. The first kappa shape index (κ1) is 25.1. The van der Waals surface area contributed by atoms with E-state index in [-0.39, 0.29) is 0 Å². The zero-order valence-corrected chi connectivity index (χ0v) is 19.5. The Morgan fingerprint density at radius 1 is 0.581 bits per heavy atom. The molecule has 0 radical (unpaired) electrons. The number of aromatic nitrogens is 2. The smallest absolute Gasteiger partial charge is 0.159 e. The maximum atomic E-state index is 5.84. The minimum Gasteiger partial charge on any atom is -0.494 e. The monoisotopic (exact) mass is 428 g/mol. The van der Waals surface area contributed by atoms with E-state index in [2.05, 4.69) is 23.8 Å². The molecular weight excluding hydrogens is 388 g/mol. The van der Waals surface area contributed by atoms with E-state index in [1.54, 1.807) is 12.4 Å². The second-order valence-electron chi connectivity index (χ2n) is 7.90. The van der Waals surface area contributed by atoms with Crippen LogP contribution in [0.5, 0.6) is 11.5 Å². The van der Waals surface area contributed by atoms with E-state index in [9.17, 15) is 0 Å². The number of unbranched alkanes of at least 4 members (excludes halogenated alkanes) is 8. The van der Waals surface area contributed by atoms with Crippen molar-refractivity contribution in [3.63, 3.8) is 0 Å². The van der Waals surface area contributed by atoms with Crippen molar-refractivity contribution in [2.45, 2.75) is 78.1 Å². The highest BCUT2D eigenvalue weighted by Gasteiger charge is 2.03. The molecule has 0 aliphatic heterocycles. The summed E-state index contributed by atoms with van der Waals surface area (Å²) >= 11 is 0. The fraction of sp³-hybridized carbons (Fsp3) is 0.615. The number of benzene rings is 1. The molecule has 1 aromatic carbocycles. The maximum Gasteiger partial charge on any atom is 0.159 e. The lowest BCUT2D eigenvalue weighted by atomic mass is 10.1. The van der Waals surface area contributed by atoms with Crippen molar-refractivity contribution in [3.05, 3.63) is 36.7 Å². The molecule has 5 heteroatoms. The molecule has 0 fully saturated rings. The molecule has 1 heterocycles. The van der Waals surface area contributed by atoms with E-state index in [0.29, 0.717) is 24.8 Å². The molecule has 0 saturated carbocycles. The number of hydrogen-bond donors (Lipinski definition) is 0. The lowest BCUT2D eigenvalue weighted by molar-refractivity contribution is 0.0969. The van der Waals surface area contributed by atoms with Crippen LogP contribution in [0.2, 0.25) is 0 Å². The Balaban J connectivity index is 1.63. The summed E-state index contributed by atoms with van der Waals surface area (Å²) in [6, 6.07) is 7.97. The normalized spacial score (nSPS) is 10.9. The van der Waals surface area contributed by atoms with Crippen molar-refractivity contribution >= 4 is 0 Å². The van der Waals surface area contributed by atoms with E-state index in [1.807, 2.05) is 24.3 Å². The lowest BCUT2D eigenvalue weighted by Gasteiger charge is -2.08. The number of rotatable bonds is 18. The molecule has 0 N–H and O–H groups in total. The van der Waals surface area contributed by atoms with Crippen molar-refractivity contribution < 1.29 is 14.2 Å². The van der Waals surface area contributed by atoms with Gasteiger partial charge in [-0.2, -0.15) is 0 Å². The molecule has 172 valence electrons. The molecule has 2 rings (SSSR count). The van der Waals surface area contributed by atoms with Gasteiger partial charge in [-0.15, -0.1) is 0 Å². The highest BCUT2D eigenvalue weighted by atomic mass is 16.5. The van der Waals surface area contributed by atoms with Gasteiger partial charge >= 0.3 is 0 Å². The molecule has 0 saturated heterocycles. The van der Waals surface area contributed by atoms with Gasteiger partial charge in [0, 0.05) is 12.2 Å². The van der Waals surface area contributed by atoms with Crippen molar-refractivity contribution in [2.75, 3.05) is 26.4 Å². The fourth-order valence-corrected chi connectivity index (χ4v) is 3.26. The summed E-state index contributed by atoms with van der Waals surface area (Å²) in [7, 11) is 0. The SMILES string of the molecule is CCCCCCCCOc1ccc(-c2ncc(OCCOCCCCCC)cn2)cc1. The van der Waals surface area contributed by atoms with Gasteiger partial charge in [-0.25, -0.2) is 9.97 Å². The number of ether oxygens (including phenoxy) is 3. The molecule has 0 aliphatic rings. The largest absolute Gasteiger partial charge is 0.494 e. The maximum absolute atomic E-state index is 5.84. The van der Waals surface area contributed by atoms with Crippen molar-refractivity contribution in [3.8, 4) is 22.9 Å². The predicted octanol–water partition coefficient (Wildman–Crippen LogP) is 6.86. The van der Waals surface area contributed by atoms with Crippen molar-refractivity contribution in [2.24, 2.45) is 0 Å². The summed E-state index contributed by atoms with van der Waals surface area (Å²) < 4.78 is 17.1. The zero-order chi connectivity index (χ0) is 22.0. The van der Waals surface area contributed by atoms with Crippen molar-refractivity contribution in [1.82, 2.24) is 9.97 Å². The first-order valence-electron chi connectivity index (χ1n) is 12.1. The van der Waals surface area contributed by atoms with Gasteiger partial charge in [0.25, 0.3) is 0 Å². The third-order valence-corrected chi connectivity index (χ3v) is 5.15. The Morgan fingerprint density at radius 2 is 1.16 bits per heavy atom. The third kappa shape index (κ3) is 11.2. The Labute approximate surface area is 188 Å². The van der Waals surface area contributed by atoms with Gasteiger partial charge in [0.2, 0.25) is 0 Å². The van der Waals surface area contributed by atoms with E-state index in [4.69, 9.17) is 14.2 Å². The Kier molecular flexibility index (Phi) is 13.4. The standard InChI is InChI=1S/C26H40N2O3/c1-3-5-7-9-10-12-18-30-24-15-13-23(14-16-24)26-27-21-25(22-28-26)31-20-19-29-17-11-8-6-4-2/h13-16,21-22H,3-12,17-20H2,1-2H3. The van der Waals surface area contributed by atoms with Crippen LogP contribution in [0.1, 0.15) is 78.1 Å². The quantitative estimate of drug-likeness (QED) is 0.243. The van der Waals surface area contributed by atoms with E-state index in [1.165, 1.54) is 51.4 Å². The van der Waals surface area contributed by atoms with E-state index >= 15 is 0 Å². The van der Waals surface area contributed by atoms with Gasteiger partial charge < -0.3 is 14.2 Å². The summed E-state index contributed by atoms with van der Waals surface area (Å²) in [6.45, 7) is 7.14. The summed E-state index contributed by atoms with van der Waals surface area (Å²) in [5.74, 6) is 2.24. The summed E-state index contributed by atoms with van der Waals surface area (Å²) in [5.41, 5.74) is 0.967. The van der Waals surface area contributed by atoms with Gasteiger partial charge in [-0.3, -0.25) is 0 Å². The fourth-order valence-electron chi connectivity index (χ4n) is 3.26. The molecular formula is C26H40N2O3. The van der Waals surface area contributed by atoms with Gasteiger partial charge in [0.1, 0.15) is 12.4 Å². The topological polar surface area (TPSA) is 53.5 Å². The van der Waals surface area contributed by atoms with E-state index in [0.717, 1.165) is 37.4 Å². The average molecular weight is 429 g/mol. The van der Waals surface area contributed by atoms with Gasteiger partial charge in [-0.05, 0) is 37.1 Å². The molecule has 31 heavy (non-hydrogen) atoms. The molecule has 0 unspecified atom stereocenters. The third-order valence-electron chi connectivity index (χ3n) is 5.15. The van der Waals surface area contributed by atoms with Gasteiger partial charge in [-0.1, -0.05) is 65.2 Å². The molecule has 0 aliphatic carbocycles. The van der Waals surface area contributed by atoms with Crippen LogP contribution < -0.4 is 9.47 Å². The zero-order valence-electron chi connectivity index (χ0n) is 19.5. The second kappa shape index (κ2) is 16.5. The number of hydrogen-bond acceptors (Lipinski definition) is 5. The minimum atomic E-state index is 0.515. The molecule has 0 atom stereocenters. The van der Waals surface area contributed by atoms with Crippen LogP contribution in [0.15, 0.2) is 36.7 Å². The highest BCUT2D eigenvalue weighted by molar-refractivity contribution is 5.56. The molecule has 0 amide bonds. The van der Waals surface area contributed by atoms with Crippen LogP contribution in [-0.2, 0) is 4.74 Å². The van der Waals surface area contributed by atoms with Crippen LogP contribution in [-0.4, -0.2) is 36.4 Å².